The third kappa shape index (κ3) is 4.45. The number of nitrogens with one attached hydrogen (secondary N) is 2. The van der Waals surface area contributed by atoms with Crippen molar-refractivity contribution in [2.75, 3.05) is 33.2 Å². The Morgan fingerprint density at radius 3 is 2.42 bits per heavy atom. The van der Waals surface area contributed by atoms with Crippen molar-refractivity contribution >= 4 is 29.6 Å². The zero-order chi connectivity index (χ0) is 22.5. The molecule has 1 heterocycles. The van der Waals surface area contributed by atoms with E-state index >= 15 is 0 Å². The van der Waals surface area contributed by atoms with Crippen molar-refractivity contribution < 1.29 is 28.6 Å². The fourth-order valence-electron chi connectivity index (χ4n) is 3.25. The van der Waals surface area contributed by atoms with Crippen LogP contribution in [-0.2, 0) is 9.59 Å². The molecule has 0 atom stereocenters. The molecular formula is C22H23N3O6. The number of imide groups is 1. The van der Waals surface area contributed by atoms with Gasteiger partial charge < -0.3 is 24.8 Å². The molecule has 0 aliphatic carbocycles. The molecule has 0 radical (unpaired) electrons. The molecule has 162 valence electrons. The molecule has 3 rings (SSSR count). The van der Waals surface area contributed by atoms with Crippen LogP contribution in [0.4, 0.5) is 10.5 Å². The second-order valence-electron chi connectivity index (χ2n) is 6.64. The van der Waals surface area contributed by atoms with E-state index in [1.54, 1.807) is 43.5 Å². The Hall–Kier alpha value is -4.01. The maximum atomic E-state index is 12.7. The van der Waals surface area contributed by atoms with Crippen molar-refractivity contribution in [1.29, 1.82) is 0 Å². The van der Waals surface area contributed by atoms with Gasteiger partial charge in [-0.05, 0) is 37.3 Å². The first-order chi connectivity index (χ1) is 14.9. The van der Waals surface area contributed by atoms with Gasteiger partial charge in [-0.15, -0.1) is 0 Å². The lowest BCUT2D eigenvalue weighted by molar-refractivity contribution is -0.127. The standard InChI is InChI=1S/C22H23N3O6/c1-13-17(29-2)10-9-14(20(13)31-4)11-16-21(27)25(22(28)24-16)12-19(26)23-15-7-5-6-8-18(15)30-3/h5-11H,12H2,1-4H3,(H,23,26)(H,24,28)/b16-11+. The SMILES string of the molecule is COc1ccccc1NC(=O)CN1C(=O)N/C(=C/c2ccc(OC)c(C)c2OC)C1=O. The highest BCUT2D eigenvalue weighted by Gasteiger charge is 2.35. The molecule has 0 spiro atoms. The maximum absolute atomic E-state index is 12.7. The number of carbonyl (C=O) groups excluding carboxylic acids is 3. The van der Waals surface area contributed by atoms with E-state index in [0.717, 1.165) is 10.5 Å². The first kappa shape index (κ1) is 21.7. The molecular weight excluding hydrogens is 402 g/mol. The molecule has 1 fully saturated rings. The van der Waals surface area contributed by atoms with Crippen LogP contribution in [0.1, 0.15) is 11.1 Å². The topological polar surface area (TPSA) is 106 Å². The number of nitrogens with zero attached hydrogens (tertiary/aromatic N) is 1. The van der Waals surface area contributed by atoms with Crippen molar-refractivity contribution in [2.24, 2.45) is 0 Å². The van der Waals surface area contributed by atoms with Gasteiger partial charge in [-0.25, -0.2) is 9.69 Å². The molecule has 2 aromatic carbocycles. The zero-order valence-corrected chi connectivity index (χ0v) is 17.6. The van der Waals surface area contributed by atoms with Crippen molar-refractivity contribution in [3.05, 3.63) is 53.2 Å². The monoisotopic (exact) mass is 425 g/mol. The van der Waals surface area contributed by atoms with Gasteiger partial charge in [0.2, 0.25) is 5.91 Å². The fraction of sp³-hybridized carbons (Fsp3) is 0.227. The zero-order valence-electron chi connectivity index (χ0n) is 17.6. The number of carbonyl (C=O) groups is 3. The predicted molar refractivity (Wildman–Crippen MR) is 114 cm³/mol. The highest BCUT2D eigenvalue weighted by molar-refractivity contribution is 6.16. The number of anilines is 1. The first-order valence-corrected chi connectivity index (χ1v) is 9.38. The molecule has 1 aliphatic rings. The number of urea groups is 1. The summed E-state index contributed by atoms with van der Waals surface area (Å²) in [6.45, 7) is 1.38. The number of amides is 4. The van der Waals surface area contributed by atoms with E-state index in [2.05, 4.69) is 10.6 Å². The van der Waals surface area contributed by atoms with Crippen LogP contribution in [0.3, 0.4) is 0 Å². The van der Waals surface area contributed by atoms with Crippen LogP contribution in [0, 0.1) is 6.92 Å². The van der Waals surface area contributed by atoms with Gasteiger partial charge in [-0.2, -0.15) is 0 Å². The predicted octanol–water partition coefficient (Wildman–Crippen LogP) is 2.55. The van der Waals surface area contributed by atoms with Crippen molar-refractivity contribution in [1.82, 2.24) is 10.2 Å². The summed E-state index contributed by atoms with van der Waals surface area (Å²) in [7, 11) is 4.54. The van der Waals surface area contributed by atoms with Gasteiger partial charge in [-0.1, -0.05) is 12.1 Å². The highest BCUT2D eigenvalue weighted by Crippen LogP contribution is 2.33. The molecule has 0 saturated carbocycles. The van der Waals surface area contributed by atoms with Crippen molar-refractivity contribution in [2.45, 2.75) is 6.92 Å². The normalized spacial score (nSPS) is 14.5. The van der Waals surface area contributed by atoms with Gasteiger partial charge in [0, 0.05) is 11.1 Å². The van der Waals surface area contributed by atoms with E-state index in [0.29, 0.717) is 28.5 Å². The summed E-state index contributed by atoms with van der Waals surface area (Å²) in [5, 5.41) is 5.14. The van der Waals surface area contributed by atoms with Crippen LogP contribution in [0.2, 0.25) is 0 Å². The summed E-state index contributed by atoms with van der Waals surface area (Å²) in [5.41, 5.74) is 1.82. The maximum Gasteiger partial charge on any atom is 0.329 e. The van der Waals surface area contributed by atoms with Crippen molar-refractivity contribution in [3.8, 4) is 17.2 Å². The number of para-hydroxylation sites is 2. The Labute approximate surface area is 179 Å². The lowest BCUT2D eigenvalue weighted by Crippen LogP contribution is -2.38. The third-order valence-electron chi connectivity index (χ3n) is 4.76. The molecule has 9 nitrogen and oxygen atoms in total. The van der Waals surface area contributed by atoms with Crippen LogP contribution in [0.5, 0.6) is 17.2 Å². The van der Waals surface area contributed by atoms with Gasteiger partial charge in [0.25, 0.3) is 5.91 Å². The summed E-state index contributed by atoms with van der Waals surface area (Å²) in [5.74, 6) is 0.468. The molecule has 0 aromatic heterocycles. The van der Waals surface area contributed by atoms with Crippen LogP contribution in [0.15, 0.2) is 42.1 Å². The smallest absolute Gasteiger partial charge is 0.329 e. The fourth-order valence-corrected chi connectivity index (χ4v) is 3.25. The van der Waals surface area contributed by atoms with Crippen LogP contribution in [0.25, 0.3) is 6.08 Å². The second kappa shape index (κ2) is 9.21. The summed E-state index contributed by atoms with van der Waals surface area (Å²) in [6.07, 6.45) is 1.50. The molecule has 0 unspecified atom stereocenters. The largest absolute Gasteiger partial charge is 0.496 e. The molecule has 2 N–H and O–H groups in total. The van der Waals surface area contributed by atoms with Crippen LogP contribution < -0.4 is 24.8 Å². The second-order valence-corrected chi connectivity index (χ2v) is 6.64. The molecule has 31 heavy (non-hydrogen) atoms. The Kier molecular flexibility index (Phi) is 6.44. The minimum atomic E-state index is -0.685. The number of hydrogen-bond donors (Lipinski definition) is 2. The van der Waals surface area contributed by atoms with Gasteiger partial charge in [0.15, 0.2) is 0 Å². The van der Waals surface area contributed by atoms with Gasteiger partial charge in [0.05, 0.1) is 27.0 Å². The third-order valence-corrected chi connectivity index (χ3v) is 4.76. The van der Waals surface area contributed by atoms with Gasteiger partial charge >= 0.3 is 6.03 Å². The lowest BCUT2D eigenvalue weighted by atomic mass is 10.1. The Balaban J connectivity index is 1.78. The lowest BCUT2D eigenvalue weighted by Gasteiger charge is -2.14. The average molecular weight is 425 g/mol. The van der Waals surface area contributed by atoms with E-state index in [4.69, 9.17) is 14.2 Å². The molecule has 0 bridgehead atoms. The van der Waals surface area contributed by atoms with E-state index in [1.807, 2.05) is 6.92 Å². The summed E-state index contributed by atoms with van der Waals surface area (Å²) < 4.78 is 15.9. The number of methoxy groups -OCH3 is 3. The summed E-state index contributed by atoms with van der Waals surface area (Å²) >= 11 is 0. The first-order valence-electron chi connectivity index (χ1n) is 9.38. The molecule has 1 saturated heterocycles. The number of hydrogen-bond acceptors (Lipinski definition) is 6. The summed E-state index contributed by atoms with van der Waals surface area (Å²) in [4.78, 5) is 38.3. The van der Waals surface area contributed by atoms with Crippen LogP contribution in [-0.4, -0.2) is 50.6 Å². The van der Waals surface area contributed by atoms with Gasteiger partial charge in [0.1, 0.15) is 29.5 Å². The minimum absolute atomic E-state index is 0.0398. The van der Waals surface area contributed by atoms with Crippen LogP contribution >= 0.6 is 0 Å². The van der Waals surface area contributed by atoms with Gasteiger partial charge in [-0.3, -0.25) is 9.59 Å². The highest BCUT2D eigenvalue weighted by atomic mass is 16.5. The van der Waals surface area contributed by atoms with Crippen molar-refractivity contribution in [3.63, 3.8) is 0 Å². The number of ether oxygens (including phenoxy) is 3. The average Bonchev–Trinajstić information content (AvgIpc) is 3.01. The quantitative estimate of drug-likeness (QED) is 0.522. The summed E-state index contributed by atoms with van der Waals surface area (Å²) in [6, 6.07) is 9.61. The van der Waals surface area contributed by atoms with E-state index in [-0.39, 0.29) is 5.70 Å². The van der Waals surface area contributed by atoms with E-state index in [9.17, 15) is 14.4 Å². The molecule has 1 aliphatic heterocycles. The Bertz CT molecular complexity index is 1060. The Morgan fingerprint density at radius 1 is 1.03 bits per heavy atom. The molecule has 9 heteroatoms. The van der Waals surface area contributed by atoms with E-state index in [1.165, 1.54) is 20.3 Å². The van der Waals surface area contributed by atoms with E-state index < -0.39 is 24.4 Å². The molecule has 4 amide bonds. The number of benzene rings is 2. The molecule has 2 aromatic rings. The number of rotatable bonds is 7. The Morgan fingerprint density at radius 2 is 1.74 bits per heavy atom. The minimum Gasteiger partial charge on any atom is -0.496 e.